The Kier molecular flexibility index (Phi) is 4.23. The molecular formula is C11H16ClNO. The van der Waals surface area contributed by atoms with Gasteiger partial charge in [0.1, 0.15) is 5.75 Å². The first kappa shape index (κ1) is 11.3. The van der Waals surface area contributed by atoms with E-state index in [1.54, 1.807) is 7.11 Å². The van der Waals surface area contributed by atoms with Crippen LogP contribution in [0.25, 0.3) is 0 Å². The molecule has 0 spiro atoms. The molecule has 0 bridgehead atoms. The fourth-order valence-electron chi connectivity index (χ4n) is 1.63. The van der Waals surface area contributed by atoms with Crippen molar-refractivity contribution in [2.24, 2.45) is 5.73 Å². The van der Waals surface area contributed by atoms with Crippen molar-refractivity contribution in [1.82, 2.24) is 0 Å². The molecule has 0 amide bonds. The van der Waals surface area contributed by atoms with E-state index in [0.29, 0.717) is 11.6 Å². The van der Waals surface area contributed by atoms with Gasteiger partial charge in [0, 0.05) is 5.02 Å². The van der Waals surface area contributed by atoms with Gasteiger partial charge >= 0.3 is 0 Å². The lowest BCUT2D eigenvalue weighted by molar-refractivity contribution is 0.409. The van der Waals surface area contributed by atoms with Gasteiger partial charge in [0.05, 0.1) is 7.11 Å². The first-order valence-corrected chi connectivity index (χ1v) is 5.16. The van der Waals surface area contributed by atoms with Gasteiger partial charge in [-0.2, -0.15) is 0 Å². The summed E-state index contributed by atoms with van der Waals surface area (Å²) < 4.78 is 5.28. The van der Waals surface area contributed by atoms with Crippen LogP contribution >= 0.6 is 11.6 Å². The van der Waals surface area contributed by atoms with Crippen molar-refractivity contribution >= 4 is 11.6 Å². The summed E-state index contributed by atoms with van der Waals surface area (Å²) in [7, 11) is 1.66. The number of rotatable bonds is 4. The van der Waals surface area contributed by atoms with Crippen LogP contribution < -0.4 is 10.5 Å². The van der Waals surface area contributed by atoms with Crippen molar-refractivity contribution in [1.29, 1.82) is 0 Å². The summed E-state index contributed by atoms with van der Waals surface area (Å²) in [5.41, 5.74) is 7.95. The normalized spacial score (nSPS) is 10.3. The summed E-state index contributed by atoms with van der Waals surface area (Å²) >= 11 is 5.97. The zero-order chi connectivity index (χ0) is 10.6. The van der Waals surface area contributed by atoms with Crippen LogP contribution in [0.15, 0.2) is 12.1 Å². The highest BCUT2D eigenvalue weighted by molar-refractivity contribution is 6.30. The summed E-state index contributed by atoms with van der Waals surface area (Å²) in [4.78, 5) is 0. The van der Waals surface area contributed by atoms with Crippen molar-refractivity contribution < 1.29 is 4.74 Å². The summed E-state index contributed by atoms with van der Waals surface area (Å²) in [5, 5.41) is 0.711. The third kappa shape index (κ3) is 2.40. The Balaban J connectivity index is 3.17. The number of hydrogen-bond donors (Lipinski definition) is 1. The van der Waals surface area contributed by atoms with E-state index in [-0.39, 0.29) is 0 Å². The Hall–Kier alpha value is -0.730. The number of hydrogen-bond acceptors (Lipinski definition) is 2. The largest absolute Gasteiger partial charge is 0.496 e. The molecule has 0 heterocycles. The second-order valence-corrected chi connectivity index (χ2v) is 3.57. The van der Waals surface area contributed by atoms with Crippen molar-refractivity contribution in [3.05, 3.63) is 28.3 Å². The zero-order valence-electron chi connectivity index (χ0n) is 8.64. The molecule has 1 aromatic rings. The lowest BCUT2D eigenvalue weighted by atomic mass is 10.0. The molecule has 0 atom stereocenters. The van der Waals surface area contributed by atoms with Gasteiger partial charge in [0.25, 0.3) is 0 Å². The van der Waals surface area contributed by atoms with Crippen molar-refractivity contribution in [2.75, 3.05) is 13.7 Å². The van der Waals surface area contributed by atoms with Crippen LogP contribution in [-0.4, -0.2) is 13.7 Å². The predicted octanol–water partition coefficient (Wildman–Crippen LogP) is 2.41. The van der Waals surface area contributed by atoms with Gasteiger partial charge in [0.2, 0.25) is 0 Å². The second-order valence-electron chi connectivity index (χ2n) is 3.14. The lowest BCUT2D eigenvalue weighted by Crippen LogP contribution is -2.06. The zero-order valence-corrected chi connectivity index (χ0v) is 9.40. The minimum Gasteiger partial charge on any atom is -0.496 e. The van der Waals surface area contributed by atoms with Gasteiger partial charge in [-0.15, -0.1) is 0 Å². The third-order valence-electron chi connectivity index (χ3n) is 2.25. The van der Waals surface area contributed by atoms with E-state index < -0.39 is 0 Å². The van der Waals surface area contributed by atoms with Crippen LogP contribution in [0, 0.1) is 0 Å². The maximum atomic E-state index is 5.97. The first-order valence-electron chi connectivity index (χ1n) is 4.78. The molecule has 0 aliphatic carbocycles. The number of ether oxygens (including phenoxy) is 1. The van der Waals surface area contributed by atoms with E-state index in [1.807, 2.05) is 12.1 Å². The highest BCUT2D eigenvalue weighted by atomic mass is 35.5. The molecule has 14 heavy (non-hydrogen) atoms. The Labute approximate surface area is 90.0 Å². The van der Waals surface area contributed by atoms with Gasteiger partial charge < -0.3 is 10.5 Å². The van der Waals surface area contributed by atoms with Gasteiger partial charge in [-0.25, -0.2) is 0 Å². The summed E-state index contributed by atoms with van der Waals surface area (Å²) in [6.45, 7) is 2.74. The van der Waals surface area contributed by atoms with Crippen molar-refractivity contribution in [3.63, 3.8) is 0 Å². The van der Waals surface area contributed by atoms with E-state index in [2.05, 4.69) is 6.92 Å². The SMILES string of the molecule is CCc1c(CCN)cc(Cl)cc1OC. The molecule has 0 radical (unpaired) electrons. The smallest absolute Gasteiger partial charge is 0.123 e. The quantitative estimate of drug-likeness (QED) is 0.834. The Morgan fingerprint density at radius 1 is 1.43 bits per heavy atom. The standard InChI is InChI=1S/C11H16ClNO/c1-3-10-8(4-5-13)6-9(12)7-11(10)14-2/h6-7H,3-5,13H2,1-2H3. The highest BCUT2D eigenvalue weighted by Gasteiger charge is 2.08. The molecule has 0 aliphatic heterocycles. The minimum atomic E-state index is 0.635. The van der Waals surface area contributed by atoms with Gasteiger partial charge in [0.15, 0.2) is 0 Å². The fourth-order valence-corrected chi connectivity index (χ4v) is 1.86. The second kappa shape index (κ2) is 5.23. The van der Waals surface area contributed by atoms with E-state index in [4.69, 9.17) is 22.1 Å². The molecule has 0 aliphatic rings. The molecule has 78 valence electrons. The molecule has 3 heteroatoms. The minimum absolute atomic E-state index is 0.635. The van der Waals surface area contributed by atoms with Gasteiger partial charge in [-0.05, 0) is 42.6 Å². The molecule has 0 saturated carbocycles. The number of nitrogens with two attached hydrogens (primary N) is 1. The van der Waals surface area contributed by atoms with E-state index in [1.165, 1.54) is 11.1 Å². The average Bonchev–Trinajstić information content (AvgIpc) is 2.17. The highest BCUT2D eigenvalue weighted by Crippen LogP contribution is 2.28. The first-order chi connectivity index (χ1) is 6.72. The molecule has 1 rings (SSSR count). The van der Waals surface area contributed by atoms with Gasteiger partial charge in [-0.1, -0.05) is 18.5 Å². The fraction of sp³-hybridized carbons (Fsp3) is 0.455. The summed E-state index contributed by atoms with van der Waals surface area (Å²) in [5.74, 6) is 0.864. The predicted molar refractivity (Wildman–Crippen MR) is 60.1 cm³/mol. The van der Waals surface area contributed by atoms with Crippen molar-refractivity contribution in [2.45, 2.75) is 19.8 Å². The van der Waals surface area contributed by atoms with Crippen molar-refractivity contribution in [3.8, 4) is 5.75 Å². The summed E-state index contributed by atoms with van der Waals surface area (Å²) in [6, 6.07) is 3.82. The van der Waals surface area contributed by atoms with E-state index in [9.17, 15) is 0 Å². The van der Waals surface area contributed by atoms with E-state index in [0.717, 1.165) is 18.6 Å². The van der Waals surface area contributed by atoms with Crippen LogP contribution in [-0.2, 0) is 12.8 Å². The maximum Gasteiger partial charge on any atom is 0.123 e. The van der Waals surface area contributed by atoms with Crippen LogP contribution in [0.3, 0.4) is 0 Å². The van der Waals surface area contributed by atoms with Crippen LogP contribution in [0.5, 0.6) is 5.75 Å². The number of methoxy groups -OCH3 is 1. The van der Waals surface area contributed by atoms with Crippen LogP contribution in [0.1, 0.15) is 18.1 Å². The third-order valence-corrected chi connectivity index (χ3v) is 2.47. The Bertz CT molecular complexity index is 312. The topological polar surface area (TPSA) is 35.2 Å². The number of halogens is 1. The molecule has 2 nitrogen and oxygen atoms in total. The summed E-state index contributed by atoms with van der Waals surface area (Å²) in [6.07, 6.45) is 1.79. The monoisotopic (exact) mass is 213 g/mol. The van der Waals surface area contributed by atoms with Gasteiger partial charge in [-0.3, -0.25) is 0 Å². The average molecular weight is 214 g/mol. The molecule has 0 fully saturated rings. The molecule has 0 aromatic heterocycles. The van der Waals surface area contributed by atoms with Crippen LogP contribution in [0.4, 0.5) is 0 Å². The Morgan fingerprint density at radius 3 is 2.64 bits per heavy atom. The van der Waals surface area contributed by atoms with E-state index >= 15 is 0 Å². The number of benzene rings is 1. The molecule has 0 unspecified atom stereocenters. The molecule has 1 aromatic carbocycles. The maximum absolute atomic E-state index is 5.97. The lowest BCUT2D eigenvalue weighted by Gasteiger charge is -2.12. The van der Waals surface area contributed by atoms with Crippen LogP contribution in [0.2, 0.25) is 5.02 Å². The molecule has 0 saturated heterocycles. The Morgan fingerprint density at radius 2 is 2.14 bits per heavy atom. The molecular weight excluding hydrogens is 198 g/mol. The molecule has 2 N–H and O–H groups in total.